The molecule has 0 unspecified atom stereocenters. The fraction of sp³-hybridized carbons (Fsp3) is 0.357. The van der Waals surface area contributed by atoms with Crippen molar-refractivity contribution < 1.29 is 5.11 Å². The molecule has 0 atom stereocenters. The summed E-state index contributed by atoms with van der Waals surface area (Å²) < 4.78 is 2.91. The quantitative estimate of drug-likeness (QED) is 0.941. The Labute approximate surface area is 116 Å². The second-order valence-electron chi connectivity index (χ2n) is 4.74. The van der Waals surface area contributed by atoms with Gasteiger partial charge in [0.2, 0.25) is 0 Å². The molecule has 0 radical (unpaired) electrons. The monoisotopic (exact) mass is 308 g/mol. The number of nitrogens with zero attached hydrogens (tertiary/aromatic N) is 2. The van der Waals surface area contributed by atoms with Gasteiger partial charge in [0.15, 0.2) is 0 Å². The van der Waals surface area contributed by atoms with Gasteiger partial charge >= 0.3 is 0 Å². The van der Waals surface area contributed by atoms with Crippen LogP contribution in [-0.2, 0) is 6.61 Å². The summed E-state index contributed by atoms with van der Waals surface area (Å²) in [5, 5.41) is 13.7. The Balaban J connectivity index is 2.58. The highest BCUT2D eigenvalue weighted by atomic mass is 79.9. The van der Waals surface area contributed by atoms with Crippen LogP contribution in [0.25, 0.3) is 5.69 Å². The fourth-order valence-electron chi connectivity index (χ4n) is 1.91. The van der Waals surface area contributed by atoms with Crippen molar-refractivity contribution >= 4 is 15.9 Å². The van der Waals surface area contributed by atoms with Gasteiger partial charge in [-0.3, -0.25) is 0 Å². The molecule has 2 aromatic rings. The molecule has 18 heavy (non-hydrogen) atoms. The average Bonchev–Trinajstić information content (AvgIpc) is 2.73. The third-order valence-electron chi connectivity index (χ3n) is 2.87. The molecule has 0 saturated carbocycles. The molecule has 1 heterocycles. The molecule has 1 aromatic carbocycles. The van der Waals surface area contributed by atoms with E-state index in [1.54, 1.807) is 0 Å². The number of benzene rings is 1. The zero-order valence-electron chi connectivity index (χ0n) is 10.8. The van der Waals surface area contributed by atoms with Crippen molar-refractivity contribution in [2.45, 2.75) is 33.3 Å². The zero-order chi connectivity index (χ0) is 13.3. The number of aliphatic hydroxyl groups excluding tert-OH is 1. The van der Waals surface area contributed by atoms with Gasteiger partial charge in [-0.25, -0.2) is 4.68 Å². The van der Waals surface area contributed by atoms with E-state index in [0.29, 0.717) is 11.6 Å². The Morgan fingerprint density at radius 1 is 1.33 bits per heavy atom. The molecule has 0 aliphatic rings. The lowest BCUT2D eigenvalue weighted by atomic mass is 10.1. The van der Waals surface area contributed by atoms with Gasteiger partial charge in [0.1, 0.15) is 0 Å². The first-order valence-electron chi connectivity index (χ1n) is 5.99. The maximum Gasteiger partial charge on any atom is 0.0886 e. The number of hydrogen-bond donors (Lipinski definition) is 1. The maximum absolute atomic E-state index is 9.23. The van der Waals surface area contributed by atoms with E-state index in [4.69, 9.17) is 0 Å². The molecule has 0 aliphatic carbocycles. The highest BCUT2D eigenvalue weighted by Crippen LogP contribution is 2.26. The van der Waals surface area contributed by atoms with Crippen molar-refractivity contribution in [1.29, 1.82) is 0 Å². The first-order valence-corrected chi connectivity index (χ1v) is 6.78. The van der Waals surface area contributed by atoms with Crippen molar-refractivity contribution in [2.24, 2.45) is 0 Å². The van der Waals surface area contributed by atoms with E-state index < -0.39 is 0 Å². The van der Waals surface area contributed by atoms with Crippen molar-refractivity contribution in [3.05, 3.63) is 45.7 Å². The molecule has 0 spiro atoms. The molecule has 0 amide bonds. The number of aryl methyl sites for hydroxylation is 1. The maximum atomic E-state index is 9.23. The van der Waals surface area contributed by atoms with Crippen molar-refractivity contribution in [3.8, 4) is 5.69 Å². The minimum atomic E-state index is -0.0315. The van der Waals surface area contributed by atoms with E-state index in [-0.39, 0.29) is 6.61 Å². The highest BCUT2D eigenvalue weighted by Gasteiger charge is 2.14. The number of aliphatic hydroxyl groups is 1. The van der Waals surface area contributed by atoms with Gasteiger partial charge in [-0.05, 0) is 52.5 Å². The lowest BCUT2D eigenvalue weighted by Gasteiger charge is -2.12. The molecule has 3 nitrogen and oxygen atoms in total. The summed E-state index contributed by atoms with van der Waals surface area (Å²) >= 11 is 3.57. The molecule has 0 fully saturated rings. The third-order valence-corrected chi connectivity index (χ3v) is 3.51. The van der Waals surface area contributed by atoms with Crippen molar-refractivity contribution in [1.82, 2.24) is 9.78 Å². The summed E-state index contributed by atoms with van der Waals surface area (Å²) in [6, 6.07) is 8.13. The van der Waals surface area contributed by atoms with Gasteiger partial charge in [-0.1, -0.05) is 19.9 Å². The first kappa shape index (κ1) is 13.3. The van der Waals surface area contributed by atoms with E-state index in [9.17, 15) is 5.11 Å². The minimum Gasteiger partial charge on any atom is -0.390 e. The summed E-state index contributed by atoms with van der Waals surface area (Å²) in [5.41, 5.74) is 4.00. The summed E-state index contributed by atoms with van der Waals surface area (Å²) in [7, 11) is 0. The van der Waals surface area contributed by atoms with Gasteiger partial charge in [0.05, 0.1) is 18.0 Å². The van der Waals surface area contributed by atoms with Gasteiger partial charge in [-0.2, -0.15) is 5.10 Å². The van der Waals surface area contributed by atoms with Crippen LogP contribution in [0, 0.1) is 6.92 Å². The average molecular weight is 309 g/mol. The molecule has 0 saturated heterocycles. The molecule has 1 N–H and O–H groups in total. The van der Waals surface area contributed by atoms with Crippen LogP contribution in [-0.4, -0.2) is 14.9 Å². The van der Waals surface area contributed by atoms with Crippen molar-refractivity contribution in [2.75, 3.05) is 0 Å². The number of rotatable bonds is 3. The smallest absolute Gasteiger partial charge is 0.0886 e. The first-order chi connectivity index (χ1) is 8.52. The van der Waals surface area contributed by atoms with E-state index in [1.807, 2.05) is 16.8 Å². The van der Waals surface area contributed by atoms with Crippen LogP contribution in [0.5, 0.6) is 0 Å². The third kappa shape index (κ3) is 2.49. The molecular weight excluding hydrogens is 292 g/mol. The van der Waals surface area contributed by atoms with E-state index >= 15 is 0 Å². The SMILES string of the molecule is Cc1ccc(-n2nc(CO)cc2C(C)C)c(Br)c1. The summed E-state index contributed by atoms with van der Waals surface area (Å²) in [4.78, 5) is 0. The van der Waals surface area contributed by atoms with Gasteiger partial charge in [0, 0.05) is 10.2 Å². The molecule has 0 aliphatic heterocycles. The number of hydrogen-bond acceptors (Lipinski definition) is 2. The normalized spacial score (nSPS) is 11.2. The Hall–Kier alpha value is -1.13. The highest BCUT2D eigenvalue weighted by molar-refractivity contribution is 9.10. The van der Waals surface area contributed by atoms with Crippen LogP contribution in [0.4, 0.5) is 0 Å². The lowest BCUT2D eigenvalue weighted by Crippen LogP contribution is -2.04. The predicted molar refractivity (Wildman–Crippen MR) is 76.0 cm³/mol. The molecule has 2 rings (SSSR count). The molecular formula is C14H17BrN2O. The van der Waals surface area contributed by atoms with Crippen LogP contribution < -0.4 is 0 Å². The largest absolute Gasteiger partial charge is 0.390 e. The summed E-state index contributed by atoms with van der Waals surface area (Å²) in [5.74, 6) is 0.353. The van der Waals surface area contributed by atoms with Crippen LogP contribution in [0.1, 0.15) is 36.7 Å². The topological polar surface area (TPSA) is 38.0 Å². The second-order valence-corrected chi connectivity index (χ2v) is 5.59. The molecule has 1 aromatic heterocycles. The minimum absolute atomic E-state index is 0.0315. The van der Waals surface area contributed by atoms with E-state index in [2.05, 4.69) is 53.9 Å². The Morgan fingerprint density at radius 3 is 2.61 bits per heavy atom. The van der Waals surface area contributed by atoms with Gasteiger partial charge in [0.25, 0.3) is 0 Å². The van der Waals surface area contributed by atoms with E-state index in [0.717, 1.165) is 15.9 Å². The zero-order valence-corrected chi connectivity index (χ0v) is 12.4. The lowest BCUT2D eigenvalue weighted by molar-refractivity contribution is 0.276. The van der Waals surface area contributed by atoms with Gasteiger partial charge in [-0.15, -0.1) is 0 Å². The fourth-order valence-corrected chi connectivity index (χ4v) is 2.57. The van der Waals surface area contributed by atoms with Crippen LogP contribution in [0.2, 0.25) is 0 Å². The molecule has 0 bridgehead atoms. The van der Waals surface area contributed by atoms with Crippen molar-refractivity contribution in [3.63, 3.8) is 0 Å². The van der Waals surface area contributed by atoms with Crippen LogP contribution >= 0.6 is 15.9 Å². The second kappa shape index (κ2) is 5.24. The molecule has 4 heteroatoms. The van der Waals surface area contributed by atoms with Crippen LogP contribution in [0.15, 0.2) is 28.7 Å². The Kier molecular flexibility index (Phi) is 3.88. The standard InChI is InChI=1S/C14H17BrN2O/c1-9(2)14-7-11(8-18)16-17(14)13-5-4-10(3)6-12(13)15/h4-7,9,18H,8H2,1-3H3. The van der Waals surface area contributed by atoms with Gasteiger partial charge < -0.3 is 5.11 Å². The number of aromatic nitrogens is 2. The van der Waals surface area contributed by atoms with E-state index in [1.165, 1.54) is 5.56 Å². The summed E-state index contributed by atoms with van der Waals surface area (Å²) in [6.07, 6.45) is 0. The van der Waals surface area contributed by atoms with Crippen LogP contribution in [0.3, 0.4) is 0 Å². The molecule has 96 valence electrons. The Morgan fingerprint density at radius 2 is 2.06 bits per heavy atom. The number of halogens is 1. The predicted octanol–water partition coefficient (Wildman–Crippen LogP) is 3.56. The Bertz CT molecular complexity index is 561. The summed E-state index contributed by atoms with van der Waals surface area (Å²) in [6.45, 7) is 6.27.